The van der Waals surface area contributed by atoms with Crippen LogP contribution in [-0.2, 0) is 0 Å². The summed E-state index contributed by atoms with van der Waals surface area (Å²) in [6.45, 7) is 0. The van der Waals surface area contributed by atoms with Gasteiger partial charge in [-0.3, -0.25) is 0 Å². The van der Waals surface area contributed by atoms with Gasteiger partial charge in [0.05, 0.1) is 27.5 Å². The number of aromatic nitrogens is 2. The Balaban J connectivity index is 0.945. The summed E-state index contributed by atoms with van der Waals surface area (Å²) in [7, 11) is 0. The zero-order valence-corrected chi connectivity index (χ0v) is 32.5. The molecule has 6 aromatic heterocycles. The van der Waals surface area contributed by atoms with Crippen LogP contribution < -0.4 is 0 Å². The predicted octanol–water partition coefficient (Wildman–Crippen LogP) is 15.9. The van der Waals surface area contributed by atoms with E-state index in [0.29, 0.717) is 0 Å². The quantitative estimate of drug-likeness (QED) is 0.175. The van der Waals surface area contributed by atoms with E-state index >= 15 is 0 Å². The highest BCUT2D eigenvalue weighted by Crippen LogP contribution is 2.45. The molecule has 0 aliphatic rings. The second-order valence-corrected chi connectivity index (χ2v) is 17.0. The molecule has 6 heterocycles. The van der Waals surface area contributed by atoms with Gasteiger partial charge in [0.15, 0.2) is 0 Å². The maximum Gasteiger partial charge on any atom is 0.145 e. The SMILES string of the molecule is c1ccc2c(c1)oc1c2ccc2c1c1ccccc1n2-c1ccc2oc3cc4oc5ccc(-n6c7ccccc7c7c8sc9ccccc9c8ccc76)cc5c4cc3c2c1. The molecule has 0 bridgehead atoms. The number of fused-ring (bicyclic) bond motifs is 20. The van der Waals surface area contributed by atoms with Gasteiger partial charge in [0.25, 0.3) is 0 Å². The molecule has 0 unspecified atom stereocenters. The van der Waals surface area contributed by atoms with E-state index in [0.717, 1.165) is 99.0 Å². The second kappa shape index (κ2) is 11.0. The van der Waals surface area contributed by atoms with Gasteiger partial charge in [0.2, 0.25) is 0 Å². The molecule has 0 atom stereocenters. The molecule has 6 heteroatoms. The largest absolute Gasteiger partial charge is 0.456 e. The maximum atomic E-state index is 6.57. The van der Waals surface area contributed by atoms with Gasteiger partial charge in [-0.2, -0.15) is 0 Å². The molecule has 0 N–H and O–H groups in total. The van der Waals surface area contributed by atoms with Crippen LogP contribution in [0.2, 0.25) is 0 Å². The number of rotatable bonds is 2. The third kappa shape index (κ3) is 3.91. The van der Waals surface area contributed by atoms with Crippen molar-refractivity contribution < 1.29 is 13.3 Å². The molecule has 9 aromatic carbocycles. The van der Waals surface area contributed by atoms with Crippen molar-refractivity contribution in [3.05, 3.63) is 170 Å². The minimum atomic E-state index is 0.801. The predicted molar refractivity (Wildman–Crippen MR) is 250 cm³/mol. The molecule has 0 saturated heterocycles. The average molecular weight is 785 g/mol. The molecule has 5 nitrogen and oxygen atoms in total. The van der Waals surface area contributed by atoms with E-state index in [1.165, 1.54) is 42.0 Å². The van der Waals surface area contributed by atoms with E-state index in [4.69, 9.17) is 13.3 Å². The Kier molecular flexibility index (Phi) is 5.74. The normalized spacial score (nSPS) is 12.7. The monoisotopic (exact) mass is 784 g/mol. The van der Waals surface area contributed by atoms with E-state index in [1.807, 2.05) is 23.5 Å². The maximum absolute atomic E-state index is 6.57. The van der Waals surface area contributed by atoms with Crippen LogP contribution in [0.1, 0.15) is 0 Å². The van der Waals surface area contributed by atoms with Crippen molar-refractivity contribution in [1.82, 2.24) is 9.13 Å². The third-order valence-corrected chi connectivity index (χ3v) is 14.1. The number of para-hydroxylation sites is 3. The summed E-state index contributed by atoms with van der Waals surface area (Å²) >= 11 is 1.88. The van der Waals surface area contributed by atoms with Crippen LogP contribution in [0.3, 0.4) is 0 Å². The highest BCUT2D eigenvalue weighted by Gasteiger charge is 2.22. The van der Waals surface area contributed by atoms with Crippen molar-refractivity contribution in [3.63, 3.8) is 0 Å². The Morgan fingerprint density at radius 1 is 0.317 bits per heavy atom. The molecule has 60 heavy (non-hydrogen) atoms. The minimum absolute atomic E-state index is 0.801. The van der Waals surface area contributed by atoms with Crippen LogP contribution in [-0.4, -0.2) is 9.13 Å². The molecule has 15 aromatic rings. The number of furan rings is 3. The molecule has 0 amide bonds. The Morgan fingerprint density at radius 2 is 0.850 bits per heavy atom. The average Bonchev–Trinajstić information content (AvgIpc) is 4.13. The van der Waals surface area contributed by atoms with Gasteiger partial charge in [-0.05, 0) is 84.9 Å². The van der Waals surface area contributed by atoms with Crippen molar-refractivity contribution in [2.75, 3.05) is 0 Å². The first-order valence-corrected chi connectivity index (χ1v) is 21.1. The van der Waals surface area contributed by atoms with Crippen molar-refractivity contribution in [1.29, 1.82) is 0 Å². The Labute approximate surface area is 343 Å². The van der Waals surface area contributed by atoms with Crippen molar-refractivity contribution in [2.24, 2.45) is 0 Å². The third-order valence-electron chi connectivity index (χ3n) is 12.9. The zero-order chi connectivity index (χ0) is 38.8. The number of hydrogen-bond donors (Lipinski definition) is 0. The molecule has 0 fully saturated rings. The summed E-state index contributed by atoms with van der Waals surface area (Å²) in [4.78, 5) is 0. The van der Waals surface area contributed by atoms with E-state index in [2.05, 4.69) is 167 Å². The molecule has 15 rings (SSSR count). The molecular formula is C54H28N2O3S. The van der Waals surface area contributed by atoms with Crippen LogP contribution in [0.25, 0.3) is 141 Å². The summed E-state index contributed by atoms with van der Waals surface area (Å²) in [5.41, 5.74) is 11.9. The van der Waals surface area contributed by atoms with Gasteiger partial charge < -0.3 is 22.4 Å². The number of thiophene rings is 1. The lowest BCUT2D eigenvalue weighted by atomic mass is 10.1. The Morgan fingerprint density at radius 3 is 1.55 bits per heavy atom. The number of nitrogens with zero attached hydrogens (tertiary/aromatic N) is 2. The molecule has 0 aliphatic heterocycles. The molecule has 0 spiro atoms. The smallest absolute Gasteiger partial charge is 0.145 e. The van der Waals surface area contributed by atoms with E-state index < -0.39 is 0 Å². The molecule has 0 aliphatic carbocycles. The van der Waals surface area contributed by atoms with Crippen molar-refractivity contribution in [2.45, 2.75) is 0 Å². The van der Waals surface area contributed by atoms with E-state index in [9.17, 15) is 0 Å². The van der Waals surface area contributed by atoms with Crippen LogP contribution in [0.4, 0.5) is 0 Å². The number of hydrogen-bond acceptors (Lipinski definition) is 4. The molecular weight excluding hydrogens is 757 g/mol. The second-order valence-electron chi connectivity index (χ2n) is 16.0. The van der Waals surface area contributed by atoms with Crippen LogP contribution in [0.5, 0.6) is 0 Å². The fourth-order valence-electron chi connectivity index (χ4n) is 10.3. The zero-order valence-electron chi connectivity index (χ0n) is 31.7. The molecule has 0 radical (unpaired) electrons. The lowest BCUT2D eigenvalue weighted by Gasteiger charge is -2.08. The van der Waals surface area contributed by atoms with Gasteiger partial charge in [0.1, 0.15) is 33.5 Å². The van der Waals surface area contributed by atoms with Gasteiger partial charge in [0, 0.05) is 86.1 Å². The van der Waals surface area contributed by atoms with Crippen LogP contribution in [0.15, 0.2) is 183 Å². The molecule has 0 saturated carbocycles. The highest BCUT2D eigenvalue weighted by atomic mass is 32.1. The topological polar surface area (TPSA) is 49.3 Å². The van der Waals surface area contributed by atoms with Gasteiger partial charge in [-0.25, -0.2) is 0 Å². The summed E-state index contributed by atoms with van der Waals surface area (Å²) in [5.74, 6) is 0. The van der Waals surface area contributed by atoms with Gasteiger partial charge in [-0.15, -0.1) is 11.3 Å². The summed E-state index contributed by atoms with van der Waals surface area (Å²) in [5, 5.41) is 14.0. The fraction of sp³-hybridized carbons (Fsp3) is 0. The standard InChI is InChI=1S/C54H28N2O3S/c1-5-13-41-35(11-1)51-43(21-19-33-31-9-3-7-15-45(31)59-53(33)51)55(41)29-17-23-46-37(25-29)39-27-40-38-26-30(18-24-47(38)58-49(40)28-48(39)57-46)56-42-14-6-2-12-36(42)52-44(56)22-20-34-32-10-4-8-16-50(32)60-54(34)52/h1-28H. The lowest BCUT2D eigenvalue weighted by molar-refractivity contribution is 0.656. The lowest BCUT2D eigenvalue weighted by Crippen LogP contribution is -1.93. The minimum Gasteiger partial charge on any atom is -0.456 e. The van der Waals surface area contributed by atoms with Gasteiger partial charge in [-0.1, -0.05) is 78.9 Å². The van der Waals surface area contributed by atoms with E-state index in [-0.39, 0.29) is 0 Å². The number of benzene rings is 9. The Hall–Kier alpha value is -7.80. The molecule has 278 valence electrons. The van der Waals surface area contributed by atoms with Crippen LogP contribution >= 0.6 is 11.3 Å². The van der Waals surface area contributed by atoms with Gasteiger partial charge >= 0.3 is 0 Å². The summed E-state index contributed by atoms with van der Waals surface area (Å²) < 4.78 is 27.1. The van der Waals surface area contributed by atoms with Crippen LogP contribution in [0, 0.1) is 0 Å². The first-order valence-electron chi connectivity index (χ1n) is 20.2. The van der Waals surface area contributed by atoms with Crippen molar-refractivity contribution in [3.8, 4) is 11.4 Å². The summed E-state index contributed by atoms with van der Waals surface area (Å²) in [6.07, 6.45) is 0. The first-order chi connectivity index (χ1) is 29.7. The summed E-state index contributed by atoms with van der Waals surface area (Å²) in [6, 6.07) is 60.9. The first kappa shape index (κ1) is 31.2. The fourth-order valence-corrected chi connectivity index (χ4v) is 11.6. The van der Waals surface area contributed by atoms with E-state index in [1.54, 1.807) is 0 Å². The highest BCUT2D eigenvalue weighted by molar-refractivity contribution is 7.26. The Bertz CT molecular complexity index is 4100. The van der Waals surface area contributed by atoms with Crippen molar-refractivity contribution >= 4 is 141 Å².